The number of primary amides is 1. The molecule has 3 heterocycles. The summed E-state index contributed by atoms with van der Waals surface area (Å²) in [6.07, 6.45) is 0.673. The number of nitrogens with zero attached hydrogens (tertiary/aromatic N) is 4. The van der Waals surface area contributed by atoms with Gasteiger partial charge in [-0.15, -0.1) is 0 Å². The molecule has 2 aliphatic heterocycles. The lowest BCUT2D eigenvalue weighted by atomic mass is 10.0. The van der Waals surface area contributed by atoms with Crippen molar-refractivity contribution in [2.24, 2.45) is 16.5 Å². The molecule has 3 aromatic rings. The van der Waals surface area contributed by atoms with Crippen LogP contribution in [0.5, 0.6) is 11.5 Å². The number of carbonyl (C=O) groups is 1. The Bertz CT molecular complexity index is 1260. The smallest absolute Gasteiger partial charge is 0.240 e. The number of carbonyl (C=O) groups excluding carboxylic acids is 1. The predicted molar refractivity (Wildman–Crippen MR) is 118 cm³/mol. The Morgan fingerprint density at radius 1 is 1.06 bits per heavy atom. The van der Waals surface area contributed by atoms with E-state index in [1.807, 2.05) is 18.2 Å². The Morgan fingerprint density at radius 2 is 1.87 bits per heavy atom. The maximum absolute atomic E-state index is 11.6. The Labute approximate surface area is 177 Å². The van der Waals surface area contributed by atoms with Gasteiger partial charge in [-0.3, -0.25) is 4.79 Å². The van der Waals surface area contributed by atoms with Crippen LogP contribution < -0.4 is 32.6 Å². The second-order valence-corrected chi connectivity index (χ2v) is 7.38. The Morgan fingerprint density at radius 3 is 2.61 bits per heavy atom. The number of hydrogen-bond acceptors (Lipinski definition) is 9. The second kappa shape index (κ2) is 6.87. The van der Waals surface area contributed by atoms with E-state index >= 15 is 0 Å². The van der Waals surface area contributed by atoms with Crippen LogP contribution in [-0.2, 0) is 4.79 Å². The van der Waals surface area contributed by atoms with Gasteiger partial charge in [0.15, 0.2) is 5.75 Å². The number of rotatable bonds is 3. The number of fused-ring (bicyclic) bond motifs is 2. The molecule has 31 heavy (non-hydrogen) atoms. The second-order valence-electron chi connectivity index (χ2n) is 7.38. The molecule has 1 unspecified atom stereocenters. The van der Waals surface area contributed by atoms with Gasteiger partial charge >= 0.3 is 0 Å². The number of amidine groups is 1. The Kier molecular flexibility index (Phi) is 4.14. The molecule has 2 aliphatic rings. The lowest BCUT2D eigenvalue weighted by Crippen LogP contribution is -2.55. The zero-order valence-electron chi connectivity index (χ0n) is 16.4. The van der Waals surface area contributed by atoms with Gasteiger partial charge in [-0.1, -0.05) is 12.1 Å². The molecule has 10 heteroatoms. The number of anilines is 3. The van der Waals surface area contributed by atoms with Crippen molar-refractivity contribution in [3.05, 3.63) is 48.0 Å². The normalized spacial score (nSPS) is 16.8. The molecule has 0 aliphatic carbocycles. The van der Waals surface area contributed by atoms with E-state index in [1.54, 1.807) is 29.2 Å². The Balaban J connectivity index is 1.60. The van der Waals surface area contributed by atoms with Crippen LogP contribution in [0, 0.1) is 0 Å². The minimum absolute atomic E-state index is 0.0727. The van der Waals surface area contributed by atoms with Crippen molar-refractivity contribution in [3.8, 4) is 22.8 Å². The average molecular weight is 416 g/mol. The summed E-state index contributed by atoms with van der Waals surface area (Å²) in [7, 11) is 0. The van der Waals surface area contributed by atoms with Gasteiger partial charge in [-0.25, -0.2) is 9.98 Å². The molecule has 1 saturated heterocycles. The summed E-state index contributed by atoms with van der Waals surface area (Å²) in [5, 5.41) is 0. The highest BCUT2D eigenvalue weighted by Crippen LogP contribution is 2.41. The van der Waals surface area contributed by atoms with Gasteiger partial charge in [0.25, 0.3) is 0 Å². The van der Waals surface area contributed by atoms with Crippen LogP contribution >= 0.6 is 0 Å². The van der Waals surface area contributed by atoms with Crippen molar-refractivity contribution in [1.29, 1.82) is 0 Å². The number of nitrogen functional groups attached to an aromatic ring is 2. The number of hydrogen-bond donors (Lipinski definition) is 4. The van der Waals surface area contributed by atoms with E-state index in [0.29, 0.717) is 58.5 Å². The lowest BCUT2D eigenvalue weighted by molar-refractivity contribution is -0.120. The summed E-state index contributed by atoms with van der Waals surface area (Å²) in [4.78, 5) is 26.5. The first kappa shape index (κ1) is 18.7. The summed E-state index contributed by atoms with van der Waals surface area (Å²) in [5.41, 5.74) is 26.6. The van der Waals surface area contributed by atoms with Crippen molar-refractivity contribution in [2.45, 2.75) is 12.5 Å². The van der Waals surface area contributed by atoms with Crippen molar-refractivity contribution in [1.82, 2.24) is 9.97 Å². The zero-order chi connectivity index (χ0) is 21.7. The molecule has 0 saturated carbocycles. The molecule has 0 bridgehead atoms. The van der Waals surface area contributed by atoms with Crippen LogP contribution in [0.3, 0.4) is 0 Å². The number of amides is 1. The number of aliphatic imine (C=N–C) groups is 1. The predicted octanol–water partition coefficient (Wildman–Crippen LogP) is 1.51. The number of nitrogens with two attached hydrogens (primary N) is 4. The highest BCUT2D eigenvalue weighted by molar-refractivity contribution is 6.07. The largest absolute Gasteiger partial charge is 0.454 e. The lowest BCUT2D eigenvalue weighted by Gasteiger charge is -2.39. The van der Waals surface area contributed by atoms with E-state index in [9.17, 15) is 4.79 Å². The van der Waals surface area contributed by atoms with E-state index in [1.165, 1.54) is 0 Å². The van der Waals surface area contributed by atoms with Gasteiger partial charge in [0, 0.05) is 23.9 Å². The van der Waals surface area contributed by atoms with Gasteiger partial charge in [0.1, 0.15) is 29.1 Å². The van der Waals surface area contributed by atoms with Crippen LogP contribution in [0.2, 0.25) is 0 Å². The minimum atomic E-state index is -0.407. The first-order valence-corrected chi connectivity index (χ1v) is 9.66. The van der Waals surface area contributed by atoms with Crippen LogP contribution in [0.15, 0.2) is 47.5 Å². The molecule has 8 N–H and O–H groups in total. The van der Waals surface area contributed by atoms with Crippen molar-refractivity contribution < 1.29 is 9.53 Å². The third-order valence-corrected chi connectivity index (χ3v) is 5.38. The van der Waals surface area contributed by atoms with E-state index < -0.39 is 11.9 Å². The first-order chi connectivity index (χ1) is 14.9. The monoisotopic (exact) mass is 416 g/mol. The van der Waals surface area contributed by atoms with Gasteiger partial charge < -0.3 is 32.6 Å². The maximum atomic E-state index is 11.6. The molecule has 2 aromatic carbocycles. The van der Waals surface area contributed by atoms with Gasteiger partial charge in [0.05, 0.1) is 11.3 Å². The van der Waals surface area contributed by atoms with E-state index in [2.05, 4.69) is 15.0 Å². The summed E-state index contributed by atoms with van der Waals surface area (Å²) < 4.78 is 6.08. The third kappa shape index (κ3) is 3.14. The van der Waals surface area contributed by atoms with Gasteiger partial charge in [0.2, 0.25) is 11.9 Å². The van der Waals surface area contributed by atoms with Crippen LogP contribution in [0.25, 0.3) is 11.3 Å². The number of para-hydroxylation sites is 2. The molecule has 1 aromatic heterocycles. The summed E-state index contributed by atoms with van der Waals surface area (Å²) in [6.45, 7) is 0.655. The van der Waals surface area contributed by atoms with Crippen molar-refractivity contribution in [3.63, 3.8) is 0 Å². The fourth-order valence-electron chi connectivity index (χ4n) is 3.78. The number of ether oxygens (including phenoxy) is 1. The number of benzene rings is 2. The topological polar surface area (TPSA) is 172 Å². The number of aromatic nitrogens is 2. The zero-order valence-corrected chi connectivity index (χ0v) is 16.4. The molecule has 0 spiro atoms. The third-order valence-electron chi connectivity index (χ3n) is 5.38. The van der Waals surface area contributed by atoms with Gasteiger partial charge in [-0.2, -0.15) is 4.98 Å². The molecule has 0 radical (unpaired) electrons. The molecule has 1 amide bonds. The quantitative estimate of drug-likeness (QED) is 0.465. The van der Waals surface area contributed by atoms with Crippen LogP contribution in [0.1, 0.15) is 12.0 Å². The minimum Gasteiger partial charge on any atom is -0.454 e. The molecular weight excluding hydrogens is 396 g/mol. The molecule has 1 fully saturated rings. The standard InChI is InChI=1S/C21H20N8O2/c22-11-7-10(8-16-18(11)19(23)26-12-3-1-2-4-15(12)31-16)13-9-17(28-21(25)27-13)29-6-5-14(29)20(24)30/h1-4,7-9,14H,5-6,22H2,(H2,23,26)(H2,24,30)(H2,25,27,28). The van der Waals surface area contributed by atoms with Crippen LogP contribution in [0.4, 0.5) is 23.1 Å². The SMILES string of the molecule is NC(=O)C1CCN1c1cc(-c2cc(N)c3c(c2)Oc2ccccc2N=C3N)nc(N)n1. The molecule has 1 atom stereocenters. The van der Waals surface area contributed by atoms with E-state index in [-0.39, 0.29) is 11.8 Å². The highest BCUT2D eigenvalue weighted by Gasteiger charge is 2.34. The molecule has 10 nitrogen and oxygen atoms in total. The summed E-state index contributed by atoms with van der Waals surface area (Å²) in [6, 6.07) is 12.2. The maximum Gasteiger partial charge on any atom is 0.240 e. The molecule has 5 rings (SSSR count). The van der Waals surface area contributed by atoms with Crippen LogP contribution in [-0.4, -0.2) is 34.3 Å². The Hall–Kier alpha value is -4.34. The van der Waals surface area contributed by atoms with Crippen molar-refractivity contribution in [2.75, 3.05) is 22.9 Å². The van der Waals surface area contributed by atoms with E-state index in [4.69, 9.17) is 27.7 Å². The first-order valence-electron chi connectivity index (χ1n) is 9.66. The fourth-order valence-corrected chi connectivity index (χ4v) is 3.78. The summed E-state index contributed by atoms with van der Waals surface area (Å²) >= 11 is 0. The average Bonchev–Trinajstić information content (AvgIpc) is 2.81. The highest BCUT2D eigenvalue weighted by atomic mass is 16.5. The fraction of sp³-hybridized carbons (Fsp3) is 0.143. The summed E-state index contributed by atoms with van der Waals surface area (Å²) in [5.74, 6) is 1.48. The van der Waals surface area contributed by atoms with Crippen molar-refractivity contribution >= 4 is 34.9 Å². The van der Waals surface area contributed by atoms with Gasteiger partial charge in [-0.05, 0) is 30.7 Å². The van der Waals surface area contributed by atoms with E-state index in [0.717, 1.165) is 0 Å². The molecular formula is C21H20N8O2. The molecule has 156 valence electrons.